The number of aliphatic hydroxyl groups is 1. The molecule has 12 heteroatoms. The van der Waals surface area contributed by atoms with Crippen molar-refractivity contribution in [3.63, 3.8) is 0 Å². The third-order valence-corrected chi connectivity index (χ3v) is 17.6. The molecule has 2 fully saturated rings. The number of aliphatic hydroxyl groups excluding tert-OH is 1. The zero-order chi connectivity index (χ0) is 25.0. The number of imidazole rings is 1. The van der Waals surface area contributed by atoms with Gasteiger partial charge in [0.1, 0.15) is 30.2 Å². The van der Waals surface area contributed by atoms with E-state index in [1.807, 2.05) is 0 Å². The number of aromatic nitrogens is 4. The molecule has 10 nitrogen and oxygen atoms in total. The first-order valence-corrected chi connectivity index (χ1v) is 16.2. The molecular weight excluding hydrogens is 470 g/mol. The zero-order valence-corrected chi connectivity index (χ0v) is 23.4. The quantitative estimate of drug-likeness (QED) is 0.581. The van der Waals surface area contributed by atoms with Crippen LogP contribution in [0.25, 0.3) is 11.2 Å². The second kappa shape index (κ2) is 9.23. The number of nitrogens with two attached hydrogens (primary N) is 1. The first kappa shape index (κ1) is 25.7. The predicted octanol–water partition coefficient (Wildman–Crippen LogP) is 3.62. The summed E-state index contributed by atoms with van der Waals surface area (Å²) in [4.78, 5) is 12.7. The van der Waals surface area contributed by atoms with Gasteiger partial charge in [0.05, 0.1) is 12.9 Å². The Balaban J connectivity index is 1.77. The molecule has 3 N–H and O–H groups in total. The van der Waals surface area contributed by atoms with Gasteiger partial charge in [-0.15, -0.1) is 0 Å². The first-order valence-electron chi connectivity index (χ1n) is 12.2. The predicted molar refractivity (Wildman–Crippen MR) is 133 cm³/mol. The molecule has 2 aromatic rings. The summed E-state index contributed by atoms with van der Waals surface area (Å²) in [6.07, 6.45) is 0.225. The number of anilines is 1. The van der Waals surface area contributed by atoms with Crippen molar-refractivity contribution in [1.82, 2.24) is 19.5 Å². The molecule has 4 heterocycles. The second-order valence-corrected chi connectivity index (χ2v) is 19.5. The summed E-state index contributed by atoms with van der Waals surface area (Å²) < 4.78 is 29.0. The highest BCUT2D eigenvalue weighted by atomic mass is 28.5. The van der Waals surface area contributed by atoms with Crippen LogP contribution in [0.15, 0.2) is 12.7 Å². The van der Waals surface area contributed by atoms with Crippen molar-refractivity contribution in [2.24, 2.45) is 0 Å². The van der Waals surface area contributed by atoms with Crippen LogP contribution in [0, 0.1) is 0 Å². The molecule has 0 bridgehead atoms. The van der Waals surface area contributed by atoms with E-state index in [0.29, 0.717) is 17.8 Å². The lowest BCUT2D eigenvalue weighted by molar-refractivity contribution is -0.0570. The minimum absolute atomic E-state index is 0.159. The van der Waals surface area contributed by atoms with E-state index in [-0.39, 0.29) is 28.0 Å². The van der Waals surface area contributed by atoms with E-state index in [9.17, 15) is 5.11 Å². The number of hydrogen-bond donors (Lipinski definition) is 2. The van der Waals surface area contributed by atoms with E-state index in [1.54, 1.807) is 10.9 Å². The molecule has 4 atom stereocenters. The Morgan fingerprint density at radius 1 is 0.971 bits per heavy atom. The summed E-state index contributed by atoms with van der Waals surface area (Å²) in [6.45, 7) is 17.7. The van der Waals surface area contributed by atoms with Crippen LogP contribution in [0.1, 0.15) is 61.6 Å². The van der Waals surface area contributed by atoms with Crippen LogP contribution < -0.4 is 5.73 Å². The lowest BCUT2D eigenvalue weighted by atomic mass is 10.1. The fourth-order valence-corrected chi connectivity index (χ4v) is 16.6. The number of ether oxygens (including phenoxy) is 1. The fourth-order valence-electron chi connectivity index (χ4n) is 5.42. The van der Waals surface area contributed by atoms with Crippen molar-refractivity contribution in [3.8, 4) is 0 Å². The van der Waals surface area contributed by atoms with Gasteiger partial charge in [0.25, 0.3) is 0 Å². The van der Waals surface area contributed by atoms with Gasteiger partial charge >= 0.3 is 17.1 Å². The Morgan fingerprint density at radius 2 is 1.59 bits per heavy atom. The Hall–Kier alpha value is -1.42. The van der Waals surface area contributed by atoms with E-state index in [2.05, 4.69) is 70.3 Å². The van der Waals surface area contributed by atoms with Crippen LogP contribution in [0.3, 0.4) is 0 Å². The molecule has 0 saturated carbocycles. The Morgan fingerprint density at radius 3 is 2.18 bits per heavy atom. The molecule has 0 radical (unpaired) electrons. The van der Waals surface area contributed by atoms with Crippen LogP contribution in [0.4, 0.5) is 5.82 Å². The normalized spacial score (nSPS) is 29.2. The minimum atomic E-state index is -2.86. The zero-order valence-electron chi connectivity index (χ0n) is 21.4. The average molecular weight is 510 g/mol. The van der Waals surface area contributed by atoms with Crippen molar-refractivity contribution < 1.29 is 22.8 Å². The van der Waals surface area contributed by atoms with Crippen molar-refractivity contribution in [2.45, 2.75) is 102 Å². The highest BCUT2D eigenvalue weighted by molar-refractivity contribution is 6.83. The van der Waals surface area contributed by atoms with Crippen molar-refractivity contribution in [2.75, 3.05) is 12.3 Å². The molecule has 1 unspecified atom stereocenters. The highest BCUT2D eigenvalue weighted by Gasteiger charge is 2.61. The summed E-state index contributed by atoms with van der Waals surface area (Å²) >= 11 is 0. The van der Waals surface area contributed by atoms with E-state index in [4.69, 9.17) is 23.4 Å². The molecule has 34 heavy (non-hydrogen) atoms. The molecule has 2 aliphatic heterocycles. The standard InChI is InChI=1S/C22H39N5O5Si2/c1-12(2)33(13(3)4)29-9-16-19(31-34(32-33,14(5)6)15(7)8)18(28)22(30-16)27-11-26-17-20(23)24-10-25-21(17)27/h10-16,18-19,22,28H,9H2,1-8H3,(H2,23,24,25)/t16-,18?,19-,22+/m1/s1. The lowest BCUT2D eigenvalue weighted by Gasteiger charge is -2.51. The molecule has 2 saturated heterocycles. The van der Waals surface area contributed by atoms with Crippen LogP contribution in [-0.4, -0.2) is 66.7 Å². The van der Waals surface area contributed by atoms with Gasteiger partial charge < -0.3 is 28.5 Å². The van der Waals surface area contributed by atoms with Gasteiger partial charge in [0.15, 0.2) is 17.7 Å². The second-order valence-electron chi connectivity index (χ2n) is 10.7. The van der Waals surface area contributed by atoms with Crippen LogP contribution in [0.2, 0.25) is 22.2 Å². The van der Waals surface area contributed by atoms with Crippen molar-refractivity contribution in [1.29, 1.82) is 0 Å². The van der Waals surface area contributed by atoms with Gasteiger partial charge in [-0.3, -0.25) is 4.57 Å². The molecule has 0 amide bonds. The van der Waals surface area contributed by atoms with Gasteiger partial charge in [0.2, 0.25) is 0 Å². The summed E-state index contributed by atoms with van der Waals surface area (Å²) in [7, 11) is -5.54. The summed E-state index contributed by atoms with van der Waals surface area (Å²) in [5, 5.41) is 11.5. The van der Waals surface area contributed by atoms with Crippen LogP contribution in [-0.2, 0) is 17.7 Å². The van der Waals surface area contributed by atoms with Gasteiger partial charge in [0, 0.05) is 0 Å². The molecular formula is C22H39N5O5Si2. The minimum Gasteiger partial charge on any atom is -0.414 e. The van der Waals surface area contributed by atoms with Gasteiger partial charge in [-0.25, -0.2) is 15.0 Å². The number of nitrogens with zero attached hydrogens (tertiary/aromatic N) is 4. The maximum atomic E-state index is 11.5. The van der Waals surface area contributed by atoms with Crippen molar-refractivity contribution in [3.05, 3.63) is 12.7 Å². The number of nitrogen functional groups attached to an aromatic ring is 1. The molecule has 2 aromatic heterocycles. The average Bonchev–Trinajstić information content (AvgIpc) is 3.29. The largest absolute Gasteiger partial charge is 0.414 e. The van der Waals surface area contributed by atoms with E-state index >= 15 is 0 Å². The fraction of sp³-hybridized carbons (Fsp3) is 0.773. The third kappa shape index (κ3) is 3.92. The monoisotopic (exact) mass is 509 g/mol. The van der Waals surface area contributed by atoms with Gasteiger partial charge in [-0.2, -0.15) is 0 Å². The van der Waals surface area contributed by atoms with Crippen molar-refractivity contribution >= 4 is 34.1 Å². The number of fused-ring (bicyclic) bond motifs is 2. The number of hydrogen-bond acceptors (Lipinski definition) is 9. The summed E-state index contributed by atoms with van der Waals surface area (Å²) in [5.41, 5.74) is 7.73. The van der Waals surface area contributed by atoms with E-state index < -0.39 is 41.7 Å². The highest BCUT2D eigenvalue weighted by Crippen LogP contribution is 2.48. The Labute approximate surface area is 203 Å². The molecule has 4 rings (SSSR count). The van der Waals surface area contributed by atoms with E-state index in [1.165, 1.54) is 6.33 Å². The van der Waals surface area contributed by atoms with Crippen LogP contribution >= 0.6 is 0 Å². The van der Waals surface area contributed by atoms with Gasteiger partial charge in [-0.05, 0) is 22.2 Å². The maximum absolute atomic E-state index is 11.5. The van der Waals surface area contributed by atoms with Crippen LogP contribution in [0.5, 0.6) is 0 Å². The smallest absolute Gasteiger partial charge is 0.335 e. The molecule has 190 valence electrons. The van der Waals surface area contributed by atoms with Gasteiger partial charge in [-0.1, -0.05) is 55.4 Å². The van der Waals surface area contributed by atoms with E-state index in [0.717, 1.165) is 0 Å². The number of rotatable bonds is 5. The topological polar surface area (TPSA) is 127 Å². The molecule has 2 aliphatic rings. The summed E-state index contributed by atoms with van der Waals surface area (Å²) in [5.74, 6) is 0.283. The Bertz CT molecular complexity index is 1000. The maximum Gasteiger partial charge on any atom is 0.335 e. The molecule has 0 aliphatic carbocycles. The molecule has 0 spiro atoms. The SMILES string of the molecule is CC(C)[Si]1(C(C)C)OC[C@H]2O[C@H](n3cnc4c(N)ncnc43)C(O)[C@@H]2O[Si](C(C)C)(C(C)C)O1. The first-order chi connectivity index (χ1) is 15.9. The summed E-state index contributed by atoms with van der Waals surface area (Å²) in [6, 6.07) is 0. The third-order valence-electron chi connectivity index (χ3n) is 7.30. The lowest BCUT2D eigenvalue weighted by Crippen LogP contribution is -2.65. The molecule has 0 aromatic carbocycles. The Kier molecular flexibility index (Phi) is 6.97.